The molecule has 0 saturated carbocycles. The smallest absolute Gasteiger partial charge is 0.340 e. The van der Waals surface area contributed by atoms with Crippen molar-refractivity contribution in [2.24, 2.45) is 12.2 Å². The van der Waals surface area contributed by atoms with E-state index in [0.717, 1.165) is 9.13 Å². The van der Waals surface area contributed by atoms with Gasteiger partial charge >= 0.3 is 26.9 Å². The molecule has 18 heteroatoms. The van der Waals surface area contributed by atoms with Crippen molar-refractivity contribution < 1.29 is 57.7 Å². The molecule has 5 N–H and O–H groups in total. The van der Waals surface area contributed by atoms with E-state index < -0.39 is 63.9 Å². The summed E-state index contributed by atoms with van der Waals surface area (Å²) in [6.45, 7) is -0.759. The lowest BCUT2D eigenvalue weighted by molar-refractivity contribution is -0.0530. The molecule has 0 spiro atoms. The van der Waals surface area contributed by atoms with Gasteiger partial charge in [-0.2, -0.15) is 0 Å². The molecule has 0 aliphatic carbocycles. The van der Waals surface area contributed by atoms with Gasteiger partial charge in [0.05, 0.1) is 19.3 Å². The molecule has 0 bridgehead atoms. The minimum atomic E-state index is -4.86. The molecule has 3 rings (SSSR count). The van der Waals surface area contributed by atoms with Crippen molar-refractivity contribution >= 4 is 21.2 Å². The first-order valence-corrected chi connectivity index (χ1v) is 14.4. The number of hydrogen-bond donors (Lipinski definition) is 5. The summed E-state index contributed by atoms with van der Waals surface area (Å²) < 4.78 is 39.6. The molecule has 16 nitrogen and oxygen atoms in total. The van der Waals surface area contributed by atoms with E-state index in [1.807, 2.05) is 0 Å². The first-order valence-electron chi connectivity index (χ1n) is 10.9. The van der Waals surface area contributed by atoms with E-state index >= 15 is 0 Å². The number of nitrogens with zero attached hydrogens (tertiary/aromatic N) is 3. The summed E-state index contributed by atoms with van der Waals surface area (Å²) in [5, 5.41) is 24.5. The van der Waals surface area contributed by atoms with Crippen molar-refractivity contribution in [3.8, 4) is 0 Å². The summed E-state index contributed by atoms with van der Waals surface area (Å²) in [5.41, 5.74) is 0.439. The number of esters is 1. The fraction of sp³-hybridized carbons (Fsp3) is 0.450. The van der Waals surface area contributed by atoms with Crippen LogP contribution >= 0.6 is 15.2 Å². The maximum atomic E-state index is 12.9. The van der Waals surface area contributed by atoms with Crippen LogP contribution in [0, 0.1) is 0 Å². The first-order chi connectivity index (χ1) is 17.7. The van der Waals surface area contributed by atoms with E-state index in [9.17, 15) is 33.8 Å². The molecule has 1 aliphatic rings. The summed E-state index contributed by atoms with van der Waals surface area (Å²) in [4.78, 5) is 57.0. The number of aliphatic hydroxyl groups is 2. The Hall–Kier alpha value is -2.65. The zero-order valence-electron chi connectivity index (χ0n) is 20.1. The van der Waals surface area contributed by atoms with Crippen LogP contribution in [0.2, 0.25) is 0 Å². The predicted molar refractivity (Wildman–Crippen MR) is 126 cm³/mol. The number of hydrogen-bond acceptors (Lipinski definition) is 11. The first kappa shape index (κ1) is 29.9. The minimum Gasteiger partial charge on any atom is -0.465 e. The Labute approximate surface area is 215 Å². The standard InChI is InChI=1S/C20H27N3O13P2/c1-22-15(21-34-9-12-3-5-13(6-4-12)19(26)33-2)7-8-23(20(22)27)18-17(25)16(24)14(36-18)10-35-38(31,32)11-37(28,29)30/h3-8,14,16-18,24-25H,9-11H2,1-2H3,(H,31,32)(H2,28,29,30)/b21-15+/t14-,16-,17-,18-/m1/s1. The van der Waals surface area contributed by atoms with Crippen LogP contribution in [0.4, 0.5) is 0 Å². The quantitative estimate of drug-likeness (QED) is 0.129. The fourth-order valence-corrected chi connectivity index (χ4v) is 6.04. The van der Waals surface area contributed by atoms with E-state index in [4.69, 9.17) is 19.4 Å². The lowest BCUT2D eigenvalue weighted by atomic mass is 10.1. The van der Waals surface area contributed by atoms with Crippen LogP contribution in [0.1, 0.15) is 22.1 Å². The largest absolute Gasteiger partial charge is 0.465 e. The third-order valence-corrected chi connectivity index (χ3v) is 8.87. The van der Waals surface area contributed by atoms with Crippen LogP contribution in [0.15, 0.2) is 46.5 Å². The summed E-state index contributed by atoms with van der Waals surface area (Å²) in [5.74, 6) is -1.92. The van der Waals surface area contributed by atoms with Gasteiger partial charge in [0.1, 0.15) is 24.9 Å². The topological polar surface area (TPSA) is 229 Å². The van der Waals surface area contributed by atoms with Gasteiger partial charge in [-0.1, -0.05) is 17.3 Å². The Kier molecular flexibility index (Phi) is 9.47. The van der Waals surface area contributed by atoms with Crippen LogP contribution in [0.25, 0.3) is 0 Å². The van der Waals surface area contributed by atoms with Gasteiger partial charge in [0.25, 0.3) is 0 Å². The zero-order valence-corrected chi connectivity index (χ0v) is 21.9. The van der Waals surface area contributed by atoms with Crippen LogP contribution in [-0.2, 0) is 41.6 Å². The van der Waals surface area contributed by atoms with Crippen LogP contribution < -0.4 is 11.2 Å². The fourth-order valence-electron chi connectivity index (χ4n) is 3.47. The molecule has 5 atom stereocenters. The second-order valence-electron chi connectivity index (χ2n) is 8.26. The SMILES string of the molecule is COC(=O)c1ccc(CO/N=c2\ccn([C@@H]3O[C@H](COP(=O)(O)CP(=O)(O)O)[C@@H](O)[C@H]3O)c(=O)n2C)cc1. The van der Waals surface area contributed by atoms with Crippen molar-refractivity contribution in [1.82, 2.24) is 9.13 Å². The van der Waals surface area contributed by atoms with Gasteiger partial charge in [-0.3, -0.25) is 18.3 Å². The zero-order chi connectivity index (χ0) is 28.3. The highest BCUT2D eigenvalue weighted by Crippen LogP contribution is 2.55. The van der Waals surface area contributed by atoms with Crippen molar-refractivity contribution in [2.75, 3.05) is 19.6 Å². The highest BCUT2D eigenvalue weighted by atomic mass is 31.2. The number of ether oxygens (including phenoxy) is 2. The molecule has 0 radical (unpaired) electrons. The van der Waals surface area contributed by atoms with Crippen molar-refractivity contribution in [1.29, 1.82) is 0 Å². The van der Waals surface area contributed by atoms with Crippen LogP contribution in [0.5, 0.6) is 0 Å². The van der Waals surface area contributed by atoms with E-state index in [2.05, 4.69) is 14.4 Å². The number of methoxy groups -OCH3 is 1. The van der Waals surface area contributed by atoms with Crippen molar-refractivity contribution in [3.05, 3.63) is 63.6 Å². The molecular weight excluding hydrogens is 552 g/mol. The van der Waals surface area contributed by atoms with Crippen molar-refractivity contribution in [3.63, 3.8) is 0 Å². The molecule has 2 heterocycles. The maximum absolute atomic E-state index is 12.9. The molecule has 1 unspecified atom stereocenters. The average molecular weight is 579 g/mol. The molecule has 2 aromatic rings. The number of aromatic nitrogens is 2. The van der Waals surface area contributed by atoms with Gasteiger partial charge in [-0.25, -0.2) is 9.59 Å². The van der Waals surface area contributed by atoms with E-state index in [1.165, 1.54) is 26.4 Å². The normalized spacial score (nSPS) is 23.7. The highest BCUT2D eigenvalue weighted by Gasteiger charge is 2.45. The van der Waals surface area contributed by atoms with Gasteiger partial charge in [0.2, 0.25) is 0 Å². The predicted octanol–water partition coefficient (Wildman–Crippen LogP) is -1.04. The Morgan fingerprint density at radius 1 is 1.11 bits per heavy atom. The third kappa shape index (κ3) is 7.47. The molecule has 1 aromatic heterocycles. The Morgan fingerprint density at radius 2 is 1.76 bits per heavy atom. The summed E-state index contributed by atoms with van der Waals surface area (Å²) in [6.07, 6.45) is -4.87. The molecule has 1 aliphatic heterocycles. The molecule has 1 saturated heterocycles. The maximum Gasteiger partial charge on any atom is 0.340 e. The Balaban J connectivity index is 1.68. The average Bonchev–Trinajstić information content (AvgIpc) is 3.12. The minimum absolute atomic E-state index is 0.0274. The van der Waals surface area contributed by atoms with E-state index in [0.29, 0.717) is 11.1 Å². The molecular formula is C20H27N3O13P2. The second-order valence-corrected chi connectivity index (χ2v) is 12.3. The lowest BCUT2D eigenvalue weighted by Gasteiger charge is -2.19. The van der Waals surface area contributed by atoms with Gasteiger partial charge in [0.15, 0.2) is 17.6 Å². The second kappa shape index (κ2) is 12.0. The van der Waals surface area contributed by atoms with E-state index in [1.54, 1.807) is 24.3 Å². The van der Waals surface area contributed by atoms with Gasteiger partial charge in [-0.15, -0.1) is 0 Å². The Bertz CT molecular complexity index is 1370. The van der Waals surface area contributed by atoms with Crippen molar-refractivity contribution in [2.45, 2.75) is 31.1 Å². The number of aliphatic hydroxyl groups excluding tert-OH is 2. The van der Waals surface area contributed by atoms with Gasteiger partial charge < -0.3 is 43.7 Å². The molecule has 210 valence electrons. The lowest BCUT2D eigenvalue weighted by Crippen LogP contribution is -2.42. The molecule has 38 heavy (non-hydrogen) atoms. The van der Waals surface area contributed by atoms with Gasteiger partial charge in [0, 0.05) is 19.3 Å². The molecule has 0 amide bonds. The number of rotatable bonds is 10. The molecule has 1 aromatic carbocycles. The summed E-state index contributed by atoms with van der Waals surface area (Å²) >= 11 is 0. The number of benzene rings is 1. The van der Waals surface area contributed by atoms with E-state index in [-0.39, 0.29) is 12.1 Å². The number of carbonyl (C=O) groups excluding carboxylic acids is 1. The summed E-state index contributed by atoms with van der Waals surface area (Å²) in [7, 11) is -6.94. The summed E-state index contributed by atoms with van der Waals surface area (Å²) in [6, 6.07) is 7.78. The molecule has 1 fully saturated rings. The van der Waals surface area contributed by atoms with Crippen LogP contribution in [-0.4, -0.2) is 77.9 Å². The number of carbonyl (C=O) groups is 1. The highest BCUT2D eigenvalue weighted by molar-refractivity contribution is 7.70. The van der Waals surface area contributed by atoms with Gasteiger partial charge in [-0.05, 0) is 17.7 Å². The van der Waals surface area contributed by atoms with Crippen LogP contribution in [0.3, 0.4) is 0 Å². The third-order valence-electron chi connectivity index (χ3n) is 5.41. The Morgan fingerprint density at radius 3 is 2.37 bits per heavy atom. The monoisotopic (exact) mass is 579 g/mol.